The summed E-state index contributed by atoms with van der Waals surface area (Å²) in [7, 11) is 0. The zero-order chi connectivity index (χ0) is 32.2. The first-order valence-corrected chi connectivity index (χ1v) is 18.5. The summed E-state index contributed by atoms with van der Waals surface area (Å²) in [5, 5.41) is 9.52. The smallest absolute Gasteiger partial charge is 0.306 e. The third kappa shape index (κ3) is 33.0. The molecule has 0 spiro atoms. The molecule has 0 aliphatic heterocycles. The van der Waals surface area contributed by atoms with E-state index in [2.05, 4.69) is 50.3 Å². The van der Waals surface area contributed by atoms with Gasteiger partial charge in [0.15, 0.2) is 6.10 Å². The lowest BCUT2D eigenvalue weighted by atomic mass is 10.0. The monoisotopic (exact) mass is 619 g/mol. The largest absolute Gasteiger partial charge is 0.462 e. The Hall–Kier alpha value is -1.88. The highest BCUT2D eigenvalue weighted by Gasteiger charge is 2.16. The summed E-state index contributed by atoms with van der Waals surface area (Å²) in [5.74, 6) is -0.633. The van der Waals surface area contributed by atoms with Gasteiger partial charge in [0.05, 0.1) is 6.61 Å². The predicted octanol–water partition coefficient (Wildman–Crippen LogP) is 11.3. The molecule has 1 atom stereocenters. The Balaban J connectivity index is 3.62. The number of esters is 2. The van der Waals surface area contributed by atoms with Crippen LogP contribution >= 0.6 is 0 Å². The third-order valence-electron chi connectivity index (χ3n) is 7.94. The summed E-state index contributed by atoms with van der Waals surface area (Å²) in [6.07, 6.45) is 42.0. The Bertz CT molecular complexity index is 711. The minimum Gasteiger partial charge on any atom is -0.462 e. The molecule has 0 saturated carbocycles. The van der Waals surface area contributed by atoms with Gasteiger partial charge in [-0.3, -0.25) is 9.59 Å². The lowest BCUT2D eigenvalue weighted by Crippen LogP contribution is -2.28. The van der Waals surface area contributed by atoms with Crippen molar-refractivity contribution in [3.05, 3.63) is 36.5 Å². The van der Waals surface area contributed by atoms with Gasteiger partial charge in [0.25, 0.3) is 0 Å². The number of unbranched alkanes of at least 4 members (excludes halogenated alkanes) is 19. The molecule has 0 heterocycles. The van der Waals surface area contributed by atoms with Crippen LogP contribution in [0.2, 0.25) is 0 Å². The van der Waals surface area contributed by atoms with Crippen LogP contribution in [-0.2, 0) is 19.1 Å². The number of carbonyl (C=O) groups excluding carboxylic acids is 2. The van der Waals surface area contributed by atoms with Crippen LogP contribution in [0.1, 0.15) is 181 Å². The standard InChI is InChI=1S/C39H70O5/c1-3-5-7-9-11-13-15-17-19-21-23-25-27-29-31-33-38(41)43-36-37(35-40)44-39(42)34-32-30-28-26-24-22-20-18-16-14-12-10-8-6-4-2/h12,14,18,20,24,26,37,40H,3-11,13,15-17,19,21-23,25,27-36H2,1-2H3/t37-/m0/s1. The normalized spacial score (nSPS) is 12.5. The van der Waals surface area contributed by atoms with E-state index in [1.807, 2.05) is 0 Å². The van der Waals surface area contributed by atoms with Crippen molar-refractivity contribution >= 4 is 11.9 Å². The van der Waals surface area contributed by atoms with E-state index in [0.717, 1.165) is 51.4 Å². The zero-order valence-corrected chi connectivity index (χ0v) is 28.9. The average Bonchev–Trinajstić information content (AvgIpc) is 3.02. The number of aliphatic hydroxyl groups excluding tert-OH is 1. The van der Waals surface area contributed by atoms with E-state index in [9.17, 15) is 14.7 Å². The second-order valence-corrected chi connectivity index (χ2v) is 12.3. The van der Waals surface area contributed by atoms with E-state index in [0.29, 0.717) is 12.8 Å². The van der Waals surface area contributed by atoms with Crippen molar-refractivity contribution in [3.8, 4) is 0 Å². The van der Waals surface area contributed by atoms with Crippen molar-refractivity contribution in [3.63, 3.8) is 0 Å². The molecule has 0 bridgehead atoms. The molecule has 0 radical (unpaired) electrons. The number of rotatable bonds is 33. The van der Waals surface area contributed by atoms with Gasteiger partial charge < -0.3 is 14.6 Å². The summed E-state index contributed by atoms with van der Waals surface area (Å²) in [4.78, 5) is 24.2. The molecule has 44 heavy (non-hydrogen) atoms. The first kappa shape index (κ1) is 42.1. The van der Waals surface area contributed by atoms with Gasteiger partial charge in [-0.1, -0.05) is 153 Å². The zero-order valence-electron chi connectivity index (χ0n) is 28.9. The van der Waals surface area contributed by atoms with Crippen LogP contribution in [0.15, 0.2) is 36.5 Å². The topological polar surface area (TPSA) is 72.8 Å². The van der Waals surface area contributed by atoms with Crippen molar-refractivity contribution in [2.24, 2.45) is 0 Å². The number of carbonyl (C=O) groups is 2. The highest BCUT2D eigenvalue weighted by atomic mass is 16.6. The fourth-order valence-corrected chi connectivity index (χ4v) is 5.09. The second kappa shape index (κ2) is 35.6. The highest BCUT2D eigenvalue weighted by Crippen LogP contribution is 2.14. The van der Waals surface area contributed by atoms with Gasteiger partial charge in [-0.25, -0.2) is 0 Å². The van der Waals surface area contributed by atoms with Gasteiger partial charge in [-0.2, -0.15) is 0 Å². The molecule has 1 N–H and O–H groups in total. The molecule has 0 aliphatic rings. The highest BCUT2D eigenvalue weighted by molar-refractivity contribution is 5.70. The maximum absolute atomic E-state index is 12.1. The molecular formula is C39H70O5. The second-order valence-electron chi connectivity index (χ2n) is 12.3. The Labute approximate surface area is 272 Å². The van der Waals surface area contributed by atoms with Crippen molar-refractivity contribution in [2.75, 3.05) is 13.2 Å². The van der Waals surface area contributed by atoms with Gasteiger partial charge in [0.2, 0.25) is 0 Å². The quantitative estimate of drug-likeness (QED) is 0.0450. The summed E-state index contributed by atoms with van der Waals surface area (Å²) < 4.78 is 10.6. The molecule has 256 valence electrons. The van der Waals surface area contributed by atoms with E-state index < -0.39 is 6.10 Å². The van der Waals surface area contributed by atoms with E-state index in [1.165, 1.54) is 103 Å². The number of hydrogen-bond donors (Lipinski definition) is 1. The van der Waals surface area contributed by atoms with Crippen molar-refractivity contribution in [1.82, 2.24) is 0 Å². The summed E-state index contributed by atoms with van der Waals surface area (Å²) >= 11 is 0. The van der Waals surface area contributed by atoms with E-state index in [1.54, 1.807) is 0 Å². The molecule has 0 aliphatic carbocycles. The molecule has 0 aromatic carbocycles. The first-order valence-electron chi connectivity index (χ1n) is 18.5. The Morgan fingerprint density at radius 1 is 0.523 bits per heavy atom. The molecule has 0 unspecified atom stereocenters. The fourth-order valence-electron chi connectivity index (χ4n) is 5.09. The first-order chi connectivity index (χ1) is 21.6. The van der Waals surface area contributed by atoms with Crippen molar-refractivity contribution in [1.29, 1.82) is 0 Å². The maximum Gasteiger partial charge on any atom is 0.306 e. The lowest BCUT2D eigenvalue weighted by Gasteiger charge is -2.15. The minimum atomic E-state index is -0.787. The molecule has 0 aromatic heterocycles. The van der Waals surface area contributed by atoms with Gasteiger partial charge in [0.1, 0.15) is 6.61 Å². The summed E-state index contributed by atoms with van der Waals surface area (Å²) in [6, 6.07) is 0. The predicted molar refractivity (Wildman–Crippen MR) is 187 cm³/mol. The Kier molecular flexibility index (Phi) is 34.1. The van der Waals surface area contributed by atoms with Gasteiger partial charge in [-0.15, -0.1) is 0 Å². The van der Waals surface area contributed by atoms with Crippen LogP contribution in [-0.4, -0.2) is 36.4 Å². The van der Waals surface area contributed by atoms with E-state index in [4.69, 9.17) is 9.47 Å². The molecule has 5 heteroatoms. The molecule has 0 rings (SSSR count). The van der Waals surface area contributed by atoms with Crippen LogP contribution < -0.4 is 0 Å². The average molecular weight is 619 g/mol. The van der Waals surface area contributed by atoms with Crippen molar-refractivity contribution < 1.29 is 24.2 Å². The Morgan fingerprint density at radius 3 is 1.41 bits per heavy atom. The fraction of sp³-hybridized carbons (Fsp3) is 0.795. The Morgan fingerprint density at radius 2 is 0.909 bits per heavy atom. The van der Waals surface area contributed by atoms with E-state index in [-0.39, 0.29) is 25.2 Å². The van der Waals surface area contributed by atoms with Crippen molar-refractivity contribution in [2.45, 2.75) is 187 Å². The maximum atomic E-state index is 12.1. The summed E-state index contributed by atoms with van der Waals surface area (Å²) in [5.41, 5.74) is 0. The number of hydrogen-bond acceptors (Lipinski definition) is 5. The van der Waals surface area contributed by atoms with Crippen LogP contribution in [0.4, 0.5) is 0 Å². The minimum absolute atomic E-state index is 0.0787. The van der Waals surface area contributed by atoms with Crippen LogP contribution in [0.5, 0.6) is 0 Å². The van der Waals surface area contributed by atoms with Gasteiger partial charge in [-0.05, 0) is 51.4 Å². The molecule has 0 amide bonds. The molecule has 0 aromatic rings. The van der Waals surface area contributed by atoms with Crippen LogP contribution in [0.3, 0.4) is 0 Å². The van der Waals surface area contributed by atoms with E-state index >= 15 is 0 Å². The summed E-state index contributed by atoms with van der Waals surface area (Å²) in [6.45, 7) is 4.07. The number of ether oxygens (including phenoxy) is 2. The van der Waals surface area contributed by atoms with Gasteiger partial charge >= 0.3 is 11.9 Å². The molecule has 5 nitrogen and oxygen atoms in total. The van der Waals surface area contributed by atoms with Crippen LogP contribution in [0, 0.1) is 0 Å². The molecule has 0 fully saturated rings. The molecule has 0 saturated heterocycles. The number of allylic oxidation sites excluding steroid dienone is 6. The number of aliphatic hydroxyl groups is 1. The SMILES string of the molecule is CCCCCC=CCC=CCC=CCCCCC(=O)O[C@@H](CO)COC(=O)CCCCCCCCCCCCCCCCC. The van der Waals surface area contributed by atoms with Crippen LogP contribution in [0.25, 0.3) is 0 Å². The third-order valence-corrected chi connectivity index (χ3v) is 7.94. The lowest BCUT2D eigenvalue weighted by molar-refractivity contribution is -0.161. The molecular weight excluding hydrogens is 548 g/mol. The van der Waals surface area contributed by atoms with Gasteiger partial charge in [0, 0.05) is 12.8 Å².